The number of halogens is 1. The van der Waals surface area contributed by atoms with E-state index in [1.54, 1.807) is 57.0 Å². The molecule has 0 spiro atoms. The molecule has 4 aromatic rings. The second kappa shape index (κ2) is 14.5. The molecular formula is C35H36FN7O5. The minimum atomic E-state index is -0.669. The molecule has 1 aromatic heterocycles. The number of carbonyl (C=O) groups excluding carboxylic acids is 2. The van der Waals surface area contributed by atoms with Crippen molar-refractivity contribution in [2.75, 3.05) is 51.8 Å². The number of hydrazone groups is 2. The smallest absolute Gasteiger partial charge is 0.276 e. The van der Waals surface area contributed by atoms with Crippen LogP contribution in [0, 0.1) is 5.82 Å². The Morgan fingerprint density at radius 3 is 2.02 bits per heavy atom. The first kappa shape index (κ1) is 32.4. The predicted octanol–water partition coefficient (Wildman–Crippen LogP) is 3.53. The predicted molar refractivity (Wildman–Crippen MR) is 182 cm³/mol. The molecule has 48 heavy (non-hydrogen) atoms. The van der Waals surface area contributed by atoms with E-state index in [0.29, 0.717) is 43.1 Å². The zero-order valence-electron chi connectivity index (χ0n) is 26.7. The molecule has 13 heteroatoms. The third-order valence-electron chi connectivity index (χ3n) is 8.38. The van der Waals surface area contributed by atoms with Gasteiger partial charge in [-0.2, -0.15) is 10.2 Å². The summed E-state index contributed by atoms with van der Waals surface area (Å²) >= 11 is 0. The SMILES string of the molecule is COc1ccc(/C=N\NC(=O)CN2CCN(c3cc4c(cc3F)c(=O)c(C(=O)N/N=C/c3ccc(OC)cc3)cn4C3CC3)CC2)cc1. The van der Waals surface area contributed by atoms with Gasteiger partial charge in [-0.15, -0.1) is 0 Å². The maximum Gasteiger partial charge on any atom is 0.276 e. The molecule has 2 heterocycles. The van der Waals surface area contributed by atoms with Crippen molar-refractivity contribution < 1.29 is 23.5 Å². The number of nitrogens with zero attached hydrogens (tertiary/aromatic N) is 5. The third-order valence-corrected chi connectivity index (χ3v) is 8.38. The van der Waals surface area contributed by atoms with Crippen molar-refractivity contribution >= 4 is 40.8 Å². The molecule has 1 saturated carbocycles. The number of hydrogen-bond donors (Lipinski definition) is 2. The van der Waals surface area contributed by atoms with Gasteiger partial charge in [0.15, 0.2) is 0 Å². The minimum Gasteiger partial charge on any atom is -0.497 e. The van der Waals surface area contributed by atoms with Gasteiger partial charge < -0.3 is 18.9 Å². The molecule has 1 aliphatic carbocycles. The van der Waals surface area contributed by atoms with E-state index >= 15 is 4.39 Å². The number of aromatic nitrogens is 1. The number of methoxy groups -OCH3 is 2. The summed E-state index contributed by atoms with van der Waals surface area (Å²) in [5.74, 6) is -0.0326. The Morgan fingerprint density at radius 2 is 1.46 bits per heavy atom. The van der Waals surface area contributed by atoms with Crippen LogP contribution in [0.2, 0.25) is 0 Å². The second-order valence-electron chi connectivity index (χ2n) is 11.6. The van der Waals surface area contributed by atoms with Crippen LogP contribution in [0.1, 0.15) is 40.4 Å². The first-order valence-corrected chi connectivity index (χ1v) is 15.6. The Kier molecular flexibility index (Phi) is 9.76. The van der Waals surface area contributed by atoms with Gasteiger partial charge >= 0.3 is 0 Å². The van der Waals surface area contributed by atoms with Crippen LogP contribution >= 0.6 is 0 Å². The number of ether oxygens (including phenoxy) is 2. The first-order valence-electron chi connectivity index (χ1n) is 15.6. The van der Waals surface area contributed by atoms with Gasteiger partial charge in [0.2, 0.25) is 5.43 Å². The molecule has 0 bridgehead atoms. The average molecular weight is 654 g/mol. The summed E-state index contributed by atoms with van der Waals surface area (Å²) < 4.78 is 27.8. The minimum absolute atomic E-state index is 0.103. The molecule has 248 valence electrons. The molecule has 2 N–H and O–H groups in total. The van der Waals surface area contributed by atoms with Gasteiger partial charge in [0.05, 0.1) is 44.4 Å². The van der Waals surface area contributed by atoms with Gasteiger partial charge in [-0.1, -0.05) is 0 Å². The lowest BCUT2D eigenvalue weighted by molar-refractivity contribution is -0.122. The molecule has 3 aromatic carbocycles. The summed E-state index contributed by atoms with van der Waals surface area (Å²) in [6, 6.07) is 17.4. The fourth-order valence-corrected chi connectivity index (χ4v) is 5.59. The number of anilines is 1. The normalized spacial score (nSPS) is 15.3. The number of benzene rings is 3. The first-order chi connectivity index (χ1) is 23.3. The standard InChI is InChI=1S/C35H36FN7O5/c1-47-26-9-3-23(4-10-26)19-37-39-33(44)22-41-13-15-42(16-14-41)32-18-31-28(17-30(32)36)34(45)29(21-43(31)25-7-8-25)35(46)40-38-20-24-5-11-27(48-2)12-6-24/h3-6,9-12,17-21,25H,7-8,13-16,22H2,1-2H3,(H,39,44)(H,40,46)/b37-19-,38-20+. The van der Waals surface area contributed by atoms with Crippen LogP contribution in [0.3, 0.4) is 0 Å². The number of pyridine rings is 1. The largest absolute Gasteiger partial charge is 0.497 e. The van der Waals surface area contributed by atoms with Gasteiger partial charge in [-0.25, -0.2) is 15.2 Å². The summed E-state index contributed by atoms with van der Waals surface area (Å²) in [6.07, 6.45) is 6.37. The van der Waals surface area contributed by atoms with Crippen LogP contribution in [-0.4, -0.2) is 80.7 Å². The van der Waals surface area contributed by atoms with E-state index in [2.05, 4.69) is 21.1 Å². The highest BCUT2D eigenvalue weighted by molar-refractivity contribution is 5.98. The topological polar surface area (TPSA) is 130 Å². The van der Waals surface area contributed by atoms with E-state index < -0.39 is 17.2 Å². The van der Waals surface area contributed by atoms with E-state index in [1.165, 1.54) is 12.3 Å². The number of hydrogen-bond acceptors (Lipinski definition) is 9. The molecule has 2 amide bonds. The lowest BCUT2D eigenvalue weighted by Crippen LogP contribution is -2.49. The summed E-state index contributed by atoms with van der Waals surface area (Å²) in [6.45, 7) is 2.22. The number of nitrogens with one attached hydrogen (secondary N) is 2. The molecule has 0 radical (unpaired) electrons. The van der Waals surface area contributed by atoms with Crippen molar-refractivity contribution in [1.82, 2.24) is 20.3 Å². The van der Waals surface area contributed by atoms with Crippen LogP contribution in [0.25, 0.3) is 10.9 Å². The molecule has 6 rings (SSSR count). The molecule has 2 aliphatic rings. The van der Waals surface area contributed by atoms with E-state index in [4.69, 9.17) is 9.47 Å². The maximum absolute atomic E-state index is 15.6. The highest BCUT2D eigenvalue weighted by atomic mass is 19.1. The van der Waals surface area contributed by atoms with Gasteiger partial charge in [0.25, 0.3) is 11.8 Å². The number of piperazine rings is 1. The lowest BCUT2D eigenvalue weighted by Gasteiger charge is -2.36. The van der Waals surface area contributed by atoms with Crippen molar-refractivity contribution in [2.24, 2.45) is 10.2 Å². The van der Waals surface area contributed by atoms with Crippen LogP contribution < -0.4 is 30.7 Å². The van der Waals surface area contributed by atoms with Crippen LogP contribution in [0.5, 0.6) is 11.5 Å². The molecule has 1 saturated heterocycles. The van der Waals surface area contributed by atoms with E-state index in [0.717, 1.165) is 29.7 Å². The van der Waals surface area contributed by atoms with Crippen LogP contribution in [-0.2, 0) is 4.79 Å². The summed E-state index contributed by atoms with van der Waals surface area (Å²) in [4.78, 5) is 42.9. The number of amides is 2. The summed E-state index contributed by atoms with van der Waals surface area (Å²) in [7, 11) is 3.17. The van der Waals surface area contributed by atoms with Gasteiger partial charge in [0, 0.05) is 43.8 Å². The number of carbonyl (C=O) groups is 2. The quantitative estimate of drug-likeness (QED) is 0.187. The Morgan fingerprint density at radius 1 is 0.875 bits per heavy atom. The molecule has 0 unspecified atom stereocenters. The average Bonchev–Trinajstić information content (AvgIpc) is 3.95. The maximum atomic E-state index is 15.6. The van der Waals surface area contributed by atoms with Crippen molar-refractivity contribution in [1.29, 1.82) is 0 Å². The van der Waals surface area contributed by atoms with Crippen molar-refractivity contribution in [3.05, 3.63) is 99.6 Å². The van der Waals surface area contributed by atoms with E-state index in [1.807, 2.05) is 38.6 Å². The Hall–Kier alpha value is -5.56. The molecular weight excluding hydrogens is 617 g/mol. The Labute approximate surface area is 276 Å². The molecule has 1 aliphatic heterocycles. The monoisotopic (exact) mass is 653 g/mol. The van der Waals surface area contributed by atoms with Crippen LogP contribution in [0.4, 0.5) is 10.1 Å². The van der Waals surface area contributed by atoms with Gasteiger partial charge in [-0.3, -0.25) is 19.3 Å². The lowest BCUT2D eigenvalue weighted by atomic mass is 10.1. The summed E-state index contributed by atoms with van der Waals surface area (Å²) in [5.41, 5.74) is 6.83. The van der Waals surface area contributed by atoms with E-state index in [9.17, 15) is 14.4 Å². The zero-order valence-corrected chi connectivity index (χ0v) is 26.7. The van der Waals surface area contributed by atoms with Gasteiger partial charge in [-0.05, 0) is 84.6 Å². The zero-order chi connectivity index (χ0) is 33.6. The van der Waals surface area contributed by atoms with Crippen LogP contribution in [0.15, 0.2) is 81.9 Å². The van der Waals surface area contributed by atoms with E-state index in [-0.39, 0.29) is 29.4 Å². The highest BCUT2D eigenvalue weighted by Gasteiger charge is 2.29. The Balaban J connectivity index is 1.10. The number of rotatable bonds is 11. The molecule has 12 nitrogen and oxygen atoms in total. The van der Waals surface area contributed by atoms with Crippen molar-refractivity contribution in [2.45, 2.75) is 18.9 Å². The van der Waals surface area contributed by atoms with Crippen molar-refractivity contribution in [3.63, 3.8) is 0 Å². The van der Waals surface area contributed by atoms with Gasteiger partial charge in [0.1, 0.15) is 22.9 Å². The third kappa shape index (κ3) is 7.52. The fourth-order valence-electron chi connectivity index (χ4n) is 5.59. The number of fused-ring (bicyclic) bond motifs is 1. The molecule has 0 atom stereocenters. The fraction of sp³-hybridized carbons (Fsp3) is 0.286. The van der Waals surface area contributed by atoms with Crippen molar-refractivity contribution in [3.8, 4) is 11.5 Å². The summed E-state index contributed by atoms with van der Waals surface area (Å²) in [5, 5.41) is 8.17. The Bertz CT molecular complexity index is 1910. The second-order valence-corrected chi connectivity index (χ2v) is 11.6. The molecule has 2 fully saturated rings. The highest BCUT2D eigenvalue weighted by Crippen LogP contribution is 2.38.